The van der Waals surface area contributed by atoms with Crippen molar-refractivity contribution in [3.8, 4) is 5.75 Å². The molecule has 2 aromatic carbocycles. The second-order valence-electron chi connectivity index (χ2n) is 5.11. The molecule has 0 aliphatic heterocycles. The van der Waals surface area contributed by atoms with E-state index >= 15 is 0 Å². The van der Waals surface area contributed by atoms with Gasteiger partial charge in [-0.25, -0.2) is 4.79 Å². The van der Waals surface area contributed by atoms with Gasteiger partial charge in [0.05, 0.1) is 17.7 Å². The first-order valence-corrected chi connectivity index (χ1v) is 7.70. The van der Waals surface area contributed by atoms with Gasteiger partial charge < -0.3 is 14.8 Å². The number of amides is 1. The maximum absolute atomic E-state index is 12.1. The van der Waals surface area contributed by atoms with Gasteiger partial charge >= 0.3 is 5.97 Å². The quantitative estimate of drug-likeness (QED) is 0.630. The molecule has 130 valence electrons. The highest BCUT2D eigenvalue weighted by Crippen LogP contribution is 2.25. The van der Waals surface area contributed by atoms with Crippen LogP contribution in [0.5, 0.6) is 5.75 Å². The number of Topliss-reactive ketones (excluding diaryl/α,β-unsaturated/α-hetero) is 1. The molecule has 0 aliphatic rings. The number of hydrogen-bond acceptors (Lipinski definition) is 5. The van der Waals surface area contributed by atoms with Crippen molar-refractivity contribution in [1.82, 2.24) is 0 Å². The molecule has 25 heavy (non-hydrogen) atoms. The number of esters is 1. The van der Waals surface area contributed by atoms with Crippen LogP contribution in [0.15, 0.2) is 42.5 Å². The Bertz CT molecular complexity index is 802. The molecule has 0 heterocycles. The van der Waals surface area contributed by atoms with Gasteiger partial charge in [0, 0.05) is 18.2 Å². The Kier molecular flexibility index (Phi) is 6.14. The average Bonchev–Trinajstić information content (AvgIpc) is 2.59. The summed E-state index contributed by atoms with van der Waals surface area (Å²) in [6, 6.07) is 10.7. The van der Waals surface area contributed by atoms with Crippen LogP contribution in [0.4, 0.5) is 5.69 Å². The number of halogens is 1. The highest BCUT2D eigenvalue weighted by Gasteiger charge is 2.13. The lowest BCUT2D eigenvalue weighted by molar-refractivity contribution is -0.114. The Labute approximate surface area is 149 Å². The van der Waals surface area contributed by atoms with E-state index in [-0.39, 0.29) is 17.3 Å². The Morgan fingerprint density at radius 2 is 1.68 bits per heavy atom. The van der Waals surface area contributed by atoms with Gasteiger partial charge in [-0.3, -0.25) is 9.59 Å². The fourth-order valence-corrected chi connectivity index (χ4v) is 2.29. The summed E-state index contributed by atoms with van der Waals surface area (Å²) in [5, 5.41) is 2.89. The largest absolute Gasteiger partial charge is 0.495 e. The van der Waals surface area contributed by atoms with E-state index in [1.165, 1.54) is 32.2 Å². The van der Waals surface area contributed by atoms with Crippen molar-refractivity contribution in [2.24, 2.45) is 0 Å². The topological polar surface area (TPSA) is 81.7 Å². The number of benzene rings is 2. The predicted molar refractivity (Wildman–Crippen MR) is 93.4 cm³/mol. The fourth-order valence-electron chi connectivity index (χ4n) is 2.03. The van der Waals surface area contributed by atoms with Gasteiger partial charge in [0.15, 0.2) is 12.4 Å². The molecule has 0 fully saturated rings. The smallest absolute Gasteiger partial charge is 0.338 e. The summed E-state index contributed by atoms with van der Waals surface area (Å²) >= 11 is 5.97. The maximum atomic E-state index is 12.1. The van der Waals surface area contributed by atoms with Crippen LogP contribution in [-0.2, 0) is 9.53 Å². The number of anilines is 1. The second kappa shape index (κ2) is 8.30. The molecule has 0 aliphatic carbocycles. The van der Waals surface area contributed by atoms with Gasteiger partial charge in [-0.1, -0.05) is 11.6 Å². The Balaban J connectivity index is 1.96. The number of ketones is 1. The molecule has 1 N–H and O–H groups in total. The first-order valence-electron chi connectivity index (χ1n) is 7.32. The minimum absolute atomic E-state index is 0.209. The van der Waals surface area contributed by atoms with Crippen LogP contribution >= 0.6 is 11.6 Å². The van der Waals surface area contributed by atoms with Crippen molar-refractivity contribution >= 4 is 34.9 Å². The monoisotopic (exact) mass is 361 g/mol. The van der Waals surface area contributed by atoms with E-state index in [9.17, 15) is 14.4 Å². The molecule has 0 unspecified atom stereocenters. The van der Waals surface area contributed by atoms with Gasteiger partial charge in [0.1, 0.15) is 5.75 Å². The van der Waals surface area contributed by atoms with E-state index in [0.29, 0.717) is 22.0 Å². The third kappa shape index (κ3) is 5.06. The van der Waals surface area contributed by atoms with E-state index in [1.54, 1.807) is 24.3 Å². The lowest BCUT2D eigenvalue weighted by Crippen LogP contribution is -2.14. The molecular formula is C18H16ClNO5. The van der Waals surface area contributed by atoms with Gasteiger partial charge in [-0.05, 0) is 42.5 Å². The van der Waals surface area contributed by atoms with Crippen LogP contribution in [0, 0.1) is 0 Å². The molecule has 7 heteroatoms. The molecule has 0 aromatic heterocycles. The predicted octanol–water partition coefficient (Wildman–Crippen LogP) is 3.35. The SMILES string of the molecule is COc1ccc(C(=O)COC(=O)c2ccc(NC(C)=O)cc2)cc1Cl. The summed E-state index contributed by atoms with van der Waals surface area (Å²) in [7, 11) is 1.47. The van der Waals surface area contributed by atoms with Gasteiger partial charge in [-0.15, -0.1) is 0 Å². The van der Waals surface area contributed by atoms with E-state index in [1.807, 2.05) is 0 Å². The number of methoxy groups -OCH3 is 1. The minimum Gasteiger partial charge on any atom is -0.495 e. The van der Waals surface area contributed by atoms with Crippen molar-refractivity contribution < 1.29 is 23.9 Å². The third-order valence-corrected chi connectivity index (χ3v) is 3.54. The molecule has 0 spiro atoms. The van der Waals surface area contributed by atoms with Crippen LogP contribution in [-0.4, -0.2) is 31.4 Å². The normalized spacial score (nSPS) is 10.0. The zero-order chi connectivity index (χ0) is 18.4. The zero-order valence-electron chi connectivity index (χ0n) is 13.7. The van der Waals surface area contributed by atoms with E-state index in [2.05, 4.69) is 5.32 Å². The number of carbonyl (C=O) groups is 3. The number of rotatable bonds is 6. The van der Waals surface area contributed by atoms with Crippen LogP contribution < -0.4 is 10.1 Å². The minimum atomic E-state index is -0.637. The fraction of sp³-hybridized carbons (Fsp3) is 0.167. The molecule has 2 aromatic rings. The van der Waals surface area contributed by atoms with Gasteiger partial charge in [-0.2, -0.15) is 0 Å². The summed E-state index contributed by atoms with van der Waals surface area (Å²) < 4.78 is 10.0. The number of nitrogens with one attached hydrogen (secondary N) is 1. The molecule has 0 saturated heterocycles. The zero-order valence-corrected chi connectivity index (χ0v) is 14.4. The third-order valence-electron chi connectivity index (χ3n) is 3.25. The summed E-state index contributed by atoms with van der Waals surface area (Å²) in [6.07, 6.45) is 0. The highest BCUT2D eigenvalue weighted by atomic mass is 35.5. The van der Waals surface area contributed by atoms with Crippen LogP contribution in [0.2, 0.25) is 5.02 Å². The Hall–Kier alpha value is -2.86. The first kappa shape index (κ1) is 18.5. The second-order valence-corrected chi connectivity index (χ2v) is 5.51. The van der Waals surface area contributed by atoms with Crippen LogP contribution in [0.3, 0.4) is 0 Å². The number of carbonyl (C=O) groups excluding carboxylic acids is 3. The Morgan fingerprint density at radius 3 is 2.24 bits per heavy atom. The van der Waals surface area contributed by atoms with Crippen molar-refractivity contribution in [3.05, 3.63) is 58.6 Å². The number of hydrogen-bond donors (Lipinski definition) is 1. The van der Waals surface area contributed by atoms with Crippen molar-refractivity contribution in [3.63, 3.8) is 0 Å². The highest BCUT2D eigenvalue weighted by molar-refractivity contribution is 6.32. The summed E-state index contributed by atoms with van der Waals surface area (Å²) in [6.45, 7) is 0.980. The molecule has 1 amide bonds. The summed E-state index contributed by atoms with van der Waals surface area (Å²) in [5.74, 6) is -0.774. The lowest BCUT2D eigenvalue weighted by atomic mass is 10.1. The van der Waals surface area contributed by atoms with Crippen molar-refractivity contribution in [1.29, 1.82) is 0 Å². The van der Waals surface area contributed by atoms with Crippen molar-refractivity contribution in [2.45, 2.75) is 6.92 Å². The summed E-state index contributed by atoms with van der Waals surface area (Å²) in [5.41, 5.74) is 1.15. The van der Waals surface area contributed by atoms with Crippen LogP contribution in [0.1, 0.15) is 27.6 Å². The molecule has 2 rings (SSSR count). The van der Waals surface area contributed by atoms with Crippen LogP contribution in [0.25, 0.3) is 0 Å². The standard InChI is InChI=1S/C18H16ClNO5/c1-11(21)20-14-6-3-12(4-7-14)18(23)25-10-16(22)13-5-8-17(24-2)15(19)9-13/h3-9H,10H2,1-2H3,(H,20,21). The molecule has 0 saturated carbocycles. The molecule has 0 radical (unpaired) electrons. The van der Waals surface area contributed by atoms with E-state index in [4.69, 9.17) is 21.1 Å². The van der Waals surface area contributed by atoms with Crippen molar-refractivity contribution in [2.75, 3.05) is 19.0 Å². The molecule has 0 bridgehead atoms. The number of ether oxygens (including phenoxy) is 2. The maximum Gasteiger partial charge on any atom is 0.338 e. The molecule has 0 atom stereocenters. The van der Waals surface area contributed by atoms with Gasteiger partial charge in [0.25, 0.3) is 0 Å². The van der Waals surface area contributed by atoms with Gasteiger partial charge in [0.2, 0.25) is 5.91 Å². The average molecular weight is 362 g/mol. The van der Waals surface area contributed by atoms with E-state index < -0.39 is 12.6 Å². The molecule has 6 nitrogen and oxygen atoms in total. The molecular weight excluding hydrogens is 346 g/mol. The van der Waals surface area contributed by atoms with E-state index in [0.717, 1.165) is 0 Å². The summed E-state index contributed by atoms with van der Waals surface area (Å²) in [4.78, 5) is 35.0. The first-order chi connectivity index (χ1) is 11.9. The lowest BCUT2D eigenvalue weighted by Gasteiger charge is -2.07. The Morgan fingerprint density at radius 1 is 1.04 bits per heavy atom.